The van der Waals surface area contributed by atoms with Crippen LogP contribution < -0.4 is 10.1 Å². The topological polar surface area (TPSA) is 58.6 Å². The normalized spacial score (nSPS) is 14.8. The highest BCUT2D eigenvalue weighted by molar-refractivity contribution is 6.04. The molecular weight excluding hydrogens is 280 g/mol. The summed E-state index contributed by atoms with van der Waals surface area (Å²) in [6, 6.07) is 7.52. The molecule has 1 heterocycles. The van der Waals surface area contributed by atoms with Crippen LogP contribution in [0.25, 0.3) is 0 Å². The third-order valence-corrected chi connectivity index (χ3v) is 4.13. The van der Waals surface area contributed by atoms with Crippen LogP contribution in [0.3, 0.4) is 0 Å². The monoisotopic (exact) mass is 304 g/mol. The Kier molecular flexibility index (Phi) is 5.06. The van der Waals surface area contributed by atoms with Crippen LogP contribution in [-0.4, -0.2) is 36.9 Å². The maximum atomic E-state index is 12.5. The van der Waals surface area contributed by atoms with Crippen molar-refractivity contribution >= 4 is 11.8 Å². The predicted molar refractivity (Wildman–Crippen MR) is 84.4 cm³/mol. The summed E-state index contributed by atoms with van der Waals surface area (Å²) in [6.07, 6.45) is 2.04. The summed E-state index contributed by atoms with van der Waals surface area (Å²) in [6.45, 7) is 5.22. The summed E-state index contributed by atoms with van der Waals surface area (Å²) in [5, 5.41) is 2.85. The number of ether oxygens (including phenoxy) is 1. The van der Waals surface area contributed by atoms with Crippen molar-refractivity contribution < 1.29 is 14.3 Å². The number of likely N-dealkylation sites (tertiary alicyclic amines) is 1. The third-order valence-electron chi connectivity index (χ3n) is 4.13. The van der Waals surface area contributed by atoms with E-state index in [1.807, 2.05) is 24.3 Å². The molecule has 0 bridgehead atoms. The van der Waals surface area contributed by atoms with Gasteiger partial charge in [-0.05, 0) is 32.8 Å². The smallest absolute Gasteiger partial charge is 0.237 e. The van der Waals surface area contributed by atoms with Crippen LogP contribution in [0.5, 0.6) is 5.75 Å². The van der Waals surface area contributed by atoms with Crippen LogP contribution in [0.15, 0.2) is 24.3 Å². The van der Waals surface area contributed by atoms with E-state index < -0.39 is 5.41 Å². The lowest BCUT2D eigenvalue weighted by atomic mass is 9.90. The van der Waals surface area contributed by atoms with Crippen LogP contribution >= 0.6 is 0 Å². The predicted octanol–water partition coefficient (Wildman–Crippen LogP) is 1.96. The van der Waals surface area contributed by atoms with Crippen molar-refractivity contribution in [3.05, 3.63) is 29.8 Å². The first-order valence-electron chi connectivity index (χ1n) is 7.66. The Morgan fingerprint density at radius 1 is 1.23 bits per heavy atom. The standard InChI is InChI=1S/C17H24N2O3/c1-17(2,16(21)19-10-6-7-11-19)15(20)18-12-13-8-4-5-9-14(13)22-3/h4-5,8-9H,6-7,10-12H2,1-3H3,(H,18,20). The molecule has 5 heteroatoms. The minimum absolute atomic E-state index is 0.0949. The van der Waals surface area contributed by atoms with Gasteiger partial charge in [0.1, 0.15) is 11.2 Å². The summed E-state index contributed by atoms with van der Waals surface area (Å²) >= 11 is 0. The summed E-state index contributed by atoms with van der Waals surface area (Å²) < 4.78 is 5.27. The van der Waals surface area contributed by atoms with E-state index >= 15 is 0 Å². The average molecular weight is 304 g/mol. The van der Waals surface area contributed by atoms with Gasteiger partial charge in [-0.15, -0.1) is 0 Å². The number of rotatable bonds is 5. The van der Waals surface area contributed by atoms with E-state index in [1.54, 1.807) is 25.9 Å². The molecular formula is C17H24N2O3. The van der Waals surface area contributed by atoms with Gasteiger partial charge in [0.05, 0.1) is 7.11 Å². The molecule has 0 saturated carbocycles. The second-order valence-electron chi connectivity index (χ2n) is 6.12. The minimum Gasteiger partial charge on any atom is -0.496 e. The fourth-order valence-corrected chi connectivity index (χ4v) is 2.66. The maximum Gasteiger partial charge on any atom is 0.237 e. The van der Waals surface area contributed by atoms with Gasteiger partial charge in [-0.25, -0.2) is 0 Å². The second-order valence-corrected chi connectivity index (χ2v) is 6.12. The van der Waals surface area contributed by atoms with E-state index in [2.05, 4.69) is 5.32 Å². The van der Waals surface area contributed by atoms with Crippen molar-refractivity contribution in [1.82, 2.24) is 10.2 Å². The van der Waals surface area contributed by atoms with Gasteiger partial charge in [0.25, 0.3) is 0 Å². The molecule has 0 aromatic heterocycles. The molecule has 0 unspecified atom stereocenters. The minimum atomic E-state index is -1.05. The molecule has 1 saturated heterocycles. The fraction of sp³-hybridized carbons (Fsp3) is 0.529. The first kappa shape index (κ1) is 16.3. The van der Waals surface area contributed by atoms with Crippen LogP contribution in [-0.2, 0) is 16.1 Å². The molecule has 1 aliphatic rings. The number of carbonyl (C=O) groups is 2. The molecule has 0 atom stereocenters. The molecule has 0 radical (unpaired) electrons. The lowest BCUT2D eigenvalue weighted by Crippen LogP contribution is -2.48. The Balaban J connectivity index is 1.99. The van der Waals surface area contributed by atoms with Gasteiger partial charge in [0.15, 0.2) is 0 Å². The number of nitrogens with zero attached hydrogens (tertiary/aromatic N) is 1. The zero-order chi connectivity index (χ0) is 16.2. The SMILES string of the molecule is COc1ccccc1CNC(=O)C(C)(C)C(=O)N1CCCC1. The lowest BCUT2D eigenvalue weighted by molar-refractivity contribution is -0.147. The number of carbonyl (C=O) groups excluding carboxylic acids is 2. The van der Waals surface area contributed by atoms with Gasteiger partial charge in [0, 0.05) is 25.2 Å². The highest BCUT2D eigenvalue weighted by atomic mass is 16.5. The van der Waals surface area contributed by atoms with Crippen molar-refractivity contribution in [3.63, 3.8) is 0 Å². The van der Waals surface area contributed by atoms with Gasteiger partial charge in [-0.1, -0.05) is 18.2 Å². The molecule has 2 rings (SSSR count). The number of amides is 2. The molecule has 2 amide bonds. The van der Waals surface area contributed by atoms with Crippen LogP contribution in [0, 0.1) is 5.41 Å². The Morgan fingerprint density at radius 2 is 1.86 bits per heavy atom. The van der Waals surface area contributed by atoms with Crippen LogP contribution in [0.2, 0.25) is 0 Å². The summed E-state index contributed by atoms with van der Waals surface area (Å²) in [7, 11) is 1.60. The summed E-state index contributed by atoms with van der Waals surface area (Å²) in [5.74, 6) is 0.379. The Hall–Kier alpha value is -2.04. The molecule has 120 valence electrons. The molecule has 5 nitrogen and oxygen atoms in total. The van der Waals surface area contributed by atoms with Crippen molar-refractivity contribution in [1.29, 1.82) is 0 Å². The molecule has 1 N–H and O–H groups in total. The van der Waals surface area contributed by atoms with Crippen molar-refractivity contribution in [2.75, 3.05) is 20.2 Å². The number of hydrogen-bond donors (Lipinski definition) is 1. The molecule has 22 heavy (non-hydrogen) atoms. The highest BCUT2D eigenvalue weighted by Crippen LogP contribution is 2.23. The molecule has 1 aromatic rings. The first-order chi connectivity index (χ1) is 10.5. The van der Waals surface area contributed by atoms with E-state index in [-0.39, 0.29) is 11.8 Å². The van der Waals surface area contributed by atoms with Gasteiger partial charge in [0.2, 0.25) is 11.8 Å². The largest absolute Gasteiger partial charge is 0.496 e. The maximum absolute atomic E-state index is 12.5. The number of benzene rings is 1. The molecule has 1 fully saturated rings. The van der Waals surface area contributed by atoms with E-state index in [1.165, 1.54) is 0 Å². The first-order valence-corrected chi connectivity index (χ1v) is 7.66. The quantitative estimate of drug-likeness (QED) is 0.846. The highest BCUT2D eigenvalue weighted by Gasteiger charge is 2.39. The summed E-state index contributed by atoms with van der Waals surface area (Å²) in [5.41, 5.74) is -0.158. The molecule has 0 spiro atoms. The molecule has 0 aliphatic carbocycles. The van der Waals surface area contributed by atoms with Gasteiger partial charge in [-0.2, -0.15) is 0 Å². The zero-order valence-electron chi connectivity index (χ0n) is 13.5. The average Bonchev–Trinajstić information content (AvgIpc) is 3.06. The zero-order valence-corrected chi connectivity index (χ0v) is 13.5. The Morgan fingerprint density at radius 3 is 2.50 bits per heavy atom. The number of para-hydroxylation sites is 1. The number of methoxy groups -OCH3 is 1. The van der Waals surface area contributed by atoms with E-state index in [9.17, 15) is 9.59 Å². The van der Waals surface area contributed by atoms with Crippen molar-refractivity contribution in [2.24, 2.45) is 5.41 Å². The van der Waals surface area contributed by atoms with Crippen molar-refractivity contribution in [3.8, 4) is 5.75 Å². The summed E-state index contributed by atoms with van der Waals surface area (Å²) in [4.78, 5) is 26.7. The Bertz CT molecular complexity index is 549. The van der Waals surface area contributed by atoms with E-state index in [0.29, 0.717) is 6.54 Å². The fourth-order valence-electron chi connectivity index (χ4n) is 2.66. The lowest BCUT2D eigenvalue weighted by Gasteiger charge is -2.28. The van der Waals surface area contributed by atoms with Crippen LogP contribution in [0.4, 0.5) is 0 Å². The van der Waals surface area contributed by atoms with Crippen LogP contribution in [0.1, 0.15) is 32.3 Å². The van der Waals surface area contributed by atoms with Crippen molar-refractivity contribution in [2.45, 2.75) is 33.2 Å². The van der Waals surface area contributed by atoms with Gasteiger partial charge < -0.3 is 15.0 Å². The number of hydrogen-bond acceptors (Lipinski definition) is 3. The molecule has 1 aromatic carbocycles. The van der Waals surface area contributed by atoms with E-state index in [0.717, 1.165) is 37.2 Å². The van der Waals surface area contributed by atoms with Gasteiger partial charge in [-0.3, -0.25) is 9.59 Å². The Labute approximate surface area is 131 Å². The third kappa shape index (κ3) is 3.40. The van der Waals surface area contributed by atoms with E-state index in [4.69, 9.17) is 4.74 Å². The molecule has 1 aliphatic heterocycles. The number of nitrogens with one attached hydrogen (secondary N) is 1. The van der Waals surface area contributed by atoms with Gasteiger partial charge >= 0.3 is 0 Å². The second kappa shape index (κ2) is 6.81.